The van der Waals surface area contributed by atoms with Crippen molar-refractivity contribution in [3.8, 4) is 11.8 Å². The molecule has 3 rings (SSSR count). The average Bonchev–Trinajstić information content (AvgIpc) is 3.07. The molecule has 2 bridgehead atoms. The maximum absolute atomic E-state index is 6.74. The van der Waals surface area contributed by atoms with Crippen LogP contribution in [-0.2, 0) is 0 Å². The monoisotopic (exact) mass is 778 g/mol. The van der Waals surface area contributed by atoms with Gasteiger partial charge in [-0.2, -0.15) is 0 Å². The number of nitrogens with two attached hydrogens (primary N) is 1. The SMILES string of the molecule is CC(C)([C@H]1CCCCC#CCCCCCCCCCCC1)C1(CCN)CCCCCCC(CCCI)C2CCCCCCC1CCCC2. The molecule has 2 saturated carbocycles. The van der Waals surface area contributed by atoms with Gasteiger partial charge in [0.1, 0.15) is 0 Å². The fourth-order valence-corrected chi connectivity index (χ4v) is 11.7. The van der Waals surface area contributed by atoms with Crippen molar-refractivity contribution in [1.82, 2.24) is 0 Å². The quantitative estimate of drug-likeness (QED) is 0.156. The fourth-order valence-electron chi connectivity index (χ4n) is 11.3. The molecule has 0 amide bonds. The van der Waals surface area contributed by atoms with Crippen LogP contribution in [0.2, 0.25) is 0 Å². The summed E-state index contributed by atoms with van der Waals surface area (Å²) < 4.78 is 1.34. The van der Waals surface area contributed by atoms with Crippen LogP contribution in [0.25, 0.3) is 0 Å². The predicted molar refractivity (Wildman–Crippen MR) is 223 cm³/mol. The molecule has 280 valence electrons. The standard InChI is InChI=1S/C46H84IN/c1-45(2,43-33-22-14-12-10-8-6-4-3-5-7-9-11-13-15-23-34-43)46(38-40-48)37-27-19-18-21-30-42(32-28-39-47)41-29-20-16-17-24-35-44(46)36-26-25-31-41/h41-44H,3-8,10,12-40,48H2,1-2H3/t41?,42?,43-,44?,46?/m1/s1. The lowest BCUT2D eigenvalue weighted by Gasteiger charge is -2.56. The van der Waals surface area contributed by atoms with E-state index >= 15 is 0 Å². The zero-order valence-electron chi connectivity index (χ0n) is 32.7. The number of rotatable bonds is 7. The number of hydrogen-bond donors (Lipinski definition) is 1. The van der Waals surface area contributed by atoms with Gasteiger partial charge in [0, 0.05) is 12.8 Å². The van der Waals surface area contributed by atoms with E-state index in [1.54, 1.807) is 0 Å². The van der Waals surface area contributed by atoms with Crippen LogP contribution in [0.15, 0.2) is 0 Å². The number of halogens is 1. The van der Waals surface area contributed by atoms with Gasteiger partial charge in [0.05, 0.1) is 0 Å². The lowest BCUT2D eigenvalue weighted by molar-refractivity contribution is -0.0712. The van der Waals surface area contributed by atoms with Crippen LogP contribution in [0, 0.1) is 46.3 Å². The highest BCUT2D eigenvalue weighted by molar-refractivity contribution is 14.1. The van der Waals surface area contributed by atoms with Crippen LogP contribution in [0.1, 0.15) is 232 Å². The van der Waals surface area contributed by atoms with Crippen LogP contribution in [0.3, 0.4) is 0 Å². The van der Waals surface area contributed by atoms with Crippen molar-refractivity contribution in [3.63, 3.8) is 0 Å². The molecule has 3 aliphatic rings. The minimum absolute atomic E-state index is 0.338. The topological polar surface area (TPSA) is 26.0 Å². The smallest absolute Gasteiger partial charge is 0.00886 e. The molecule has 0 aliphatic heterocycles. The van der Waals surface area contributed by atoms with Crippen molar-refractivity contribution in [2.75, 3.05) is 11.0 Å². The van der Waals surface area contributed by atoms with E-state index < -0.39 is 0 Å². The second kappa shape index (κ2) is 26.1. The molecule has 0 aromatic rings. The Kier molecular flexibility index (Phi) is 23.2. The Balaban J connectivity index is 1.87. The van der Waals surface area contributed by atoms with Crippen LogP contribution in [0.5, 0.6) is 0 Å². The van der Waals surface area contributed by atoms with E-state index in [0.717, 1.165) is 43.1 Å². The largest absolute Gasteiger partial charge is 0.330 e. The highest BCUT2D eigenvalue weighted by atomic mass is 127. The molecule has 3 aliphatic carbocycles. The van der Waals surface area contributed by atoms with Gasteiger partial charge >= 0.3 is 0 Å². The molecule has 0 radical (unpaired) electrons. The molecule has 2 N–H and O–H groups in total. The second-order valence-corrected chi connectivity index (χ2v) is 18.8. The second-order valence-electron chi connectivity index (χ2n) is 17.7. The summed E-state index contributed by atoms with van der Waals surface area (Å²) in [7, 11) is 0. The zero-order valence-corrected chi connectivity index (χ0v) is 34.9. The van der Waals surface area contributed by atoms with Crippen LogP contribution in [0.4, 0.5) is 0 Å². The van der Waals surface area contributed by atoms with E-state index in [1.165, 1.54) is 210 Å². The highest BCUT2D eigenvalue weighted by Crippen LogP contribution is 2.59. The van der Waals surface area contributed by atoms with Crippen molar-refractivity contribution in [1.29, 1.82) is 0 Å². The van der Waals surface area contributed by atoms with Crippen LogP contribution >= 0.6 is 22.6 Å². The van der Waals surface area contributed by atoms with Gasteiger partial charge in [-0.25, -0.2) is 0 Å². The highest BCUT2D eigenvalue weighted by Gasteiger charge is 2.51. The number of alkyl halides is 1. The zero-order chi connectivity index (χ0) is 34.2. The summed E-state index contributed by atoms with van der Waals surface area (Å²) in [6.07, 6.45) is 48.3. The Bertz CT molecular complexity index is 839. The Hall–Kier alpha value is 0.250. The first kappa shape index (κ1) is 42.7. The minimum Gasteiger partial charge on any atom is -0.330 e. The van der Waals surface area contributed by atoms with E-state index in [4.69, 9.17) is 5.73 Å². The maximum atomic E-state index is 6.74. The number of fused-ring (bicyclic) bond motifs is 5. The first-order valence-corrected chi connectivity index (χ1v) is 23.8. The summed E-state index contributed by atoms with van der Waals surface area (Å²) in [6, 6.07) is 0. The molecule has 0 spiro atoms. The van der Waals surface area contributed by atoms with Gasteiger partial charge in [-0.05, 0) is 110 Å². The van der Waals surface area contributed by atoms with Crippen molar-refractivity contribution in [2.24, 2.45) is 40.2 Å². The summed E-state index contributed by atoms with van der Waals surface area (Å²) in [5.41, 5.74) is 7.47. The Morgan fingerprint density at radius 3 is 1.67 bits per heavy atom. The normalized spacial score (nSPS) is 31.3. The third kappa shape index (κ3) is 15.1. The molecule has 0 aromatic heterocycles. The molecular formula is C46H84IN. The molecule has 48 heavy (non-hydrogen) atoms. The summed E-state index contributed by atoms with van der Waals surface area (Å²) in [5.74, 6) is 10.8. The van der Waals surface area contributed by atoms with Gasteiger partial charge in [-0.15, -0.1) is 11.8 Å². The average molecular weight is 778 g/mol. The molecule has 4 unspecified atom stereocenters. The Morgan fingerprint density at radius 2 is 1.04 bits per heavy atom. The first-order chi connectivity index (χ1) is 23.5. The molecule has 2 heteroatoms. The molecule has 0 aromatic carbocycles. The summed E-state index contributed by atoms with van der Waals surface area (Å²) >= 11 is 2.62. The maximum Gasteiger partial charge on any atom is 0.00886 e. The van der Waals surface area contributed by atoms with E-state index in [-0.39, 0.29) is 0 Å². The molecule has 0 heterocycles. The van der Waals surface area contributed by atoms with E-state index in [0.29, 0.717) is 10.8 Å². The third-order valence-corrected chi connectivity index (χ3v) is 15.1. The van der Waals surface area contributed by atoms with Crippen molar-refractivity contribution < 1.29 is 0 Å². The Morgan fingerprint density at radius 1 is 0.583 bits per heavy atom. The lowest BCUT2D eigenvalue weighted by atomic mass is 9.48. The predicted octanol–water partition coefficient (Wildman–Crippen LogP) is 15.2. The van der Waals surface area contributed by atoms with Crippen molar-refractivity contribution >= 4 is 22.6 Å². The van der Waals surface area contributed by atoms with Gasteiger partial charge in [0.15, 0.2) is 0 Å². The molecule has 2 fully saturated rings. The van der Waals surface area contributed by atoms with Gasteiger partial charge < -0.3 is 5.73 Å². The molecule has 0 saturated heterocycles. The molecule has 1 nitrogen and oxygen atoms in total. The van der Waals surface area contributed by atoms with Gasteiger partial charge in [-0.1, -0.05) is 178 Å². The number of hydrogen-bond acceptors (Lipinski definition) is 1. The minimum atomic E-state index is 0.338. The lowest BCUT2D eigenvalue weighted by Crippen LogP contribution is -2.49. The van der Waals surface area contributed by atoms with Gasteiger partial charge in [0.25, 0.3) is 0 Å². The first-order valence-electron chi connectivity index (χ1n) is 22.3. The summed E-state index contributed by atoms with van der Waals surface area (Å²) in [5, 5.41) is 0. The molecule has 5 atom stereocenters. The summed E-state index contributed by atoms with van der Waals surface area (Å²) in [6.45, 7) is 6.45. The third-order valence-electron chi connectivity index (χ3n) is 14.3. The van der Waals surface area contributed by atoms with Crippen LogP contribution in [-0.4, -0.2) is 11.0 Å². The van der Waals surface area contributed by atoms with E-state index in [9.17, 15) is 0 Å². The van der Waals surface area contributed by atoms with Crippen LogP contribution < -0.4 is 5.73 Å². The van der Waals surface area contributed by atoms with E-state index in [2.05, 4.69) is 48.3 Å². The van der Waals surface area contributed by atoms with Crippen molar-refractivity contribution in [3.05, 3.63) is 0 Å². The Labute approximate surface area is 316 Å². The van der Waals surface area contributed by atoms with E-state index in [1.807, 2.05) is 0 Å². The van der Waals surface area contributed by atoms with Gasteiger partial charge in [0.2, 0.25) is 0 Å². The van der Waals surface area contributed by atoms with Crippen molar-refractivity contribution in [2.45, 2.75) is 232 Å². The molecular weight excluding hydrogens is 693 g/mol. The summed E-state index contributed by atoms with van der Waals surface area (Å²) in [4.78, 5) is 0. The van der Waals surface area contributed by atoms with Gasteiger partial charge in [-0.3, -0.25) is 0 Å². The fraction of sp³-hybridized carbons (Fsp3) is 0.957.